The van der Waals surface area contributed by atoms with Crippen molar-refractivity contribution in [2.24, 2.45) is 0 Å². The van der Waals surface area contributed by atoms with E-state index in [4.69, 9.17) is 4.74 Å². The van der Waals surface area contributed by atoms with Crippen molar-refractivity contribution in [2.45, 2.75) is 19.6 Å². The lowest BCUT2D eigenvalue weighted by molar-refractivity contribution is -0.150. The summed E-state index contributed by atoms with van der Waals surface area (Å²) in [6.45, 7) is 4.31. The standard InChI is InChI=1S/C7H14N2O2/c1-2-7(10)11-6-5-8-3-4-9-6/h6,8-9H,2-5H2,1H3. The van der Waals surface area contributed by atoms with Crippen LogP contribution in [0.4, 0.5) is 0 Å². The summed E-state index contributed by atoms with van der Waals surface area (Å²) in [5.41, 5.74) is 0. The van der Waals surface area contributed by atoms with E-state index in [1.165, 1.54) is 0 Å². The topological polar surface area (TPSA) is 50.4 Å². The van der Waals surface area contributed by atoms with E-state index in [1.807, 2.05) is 0 Å². The molecule has 0 aliphatic carbocycles. The summed E-state index contributed by atoms with van der Waals surface area (Å²) in [6.07, 6.45) is 0.314. The second-order valence-electron chi connectivity index (χ2n) is 2.49. The molecule has 0 spiro atoms. The van der Waals surface area contributed by atoms with Crippen LogP contribution in [-0.2, 0) is 9.53 Å². The van der Waals surface area contributed by atoms with E-state index < -0.39 is 0 Å². The monoisotopic (exact) mass is 158 g/mol. The van der Waals surface area contributed by atoms with Crippen LogP contribution in [0.25, 0.3) is 0 Å². The first-order valence-corrected chi connectivity index (χ1v) is 3.96. The zero-order valence-corrected chi connectivity index (χ0v) is 6.72. The lowest BCUT2D eigenvalue weighted by Gasteiger charge is -2.23. The quantitative estimate of drug-likeness (QED) is 0.530. The summed E-state index contributed by atoms with van der Waals surface area (Å²) < 4.78 is 5.03. The van der Waals surface area contributed by atoms with Gasteiger partial charge in [-0.05, 0) is 0 Å². The molecule has 1 unspecified atom stereocenters. The van der Waals surface area contributed by atoms with E-state index in [2.05, 4.69) is 10.6 Å². The van der Waals surface area contributed by atoms with E-state index >= 15 is 0 Å². The number of esters is 1. The predicted octanol–water partition coefficient (Wildman–Crippen LogP) is -0.541. The molecule has 4 nitrogen and oxygen atoms in total. The Hall–Kier alpha value is -0.610. The van der Waals surface area contributed by atoms with Gasteiger partial charge in [-0.15, -0.1) is 0 Å². The van der Waals surface area contributed by atoms with Gasteiger partial charge in [0.25, 0.3) is 0 Å². The summed E-state index contributed by atoms with van der Waals surface area (Å²) in [4.78, 5) is 10.8. The van der Waals surface area contributed by atoms with E-state index in [0.29, 0.717) is 13.0 Å². The summed E-state index contributed by atoms with van der Waals surface area (Å²) in [6, 6.07) is 0. The Morgan fingerprint density at radius 3 is 3.00 bits per heavy atom. The van der Waals surface area contributed by atoms with Crippen LogP contribution in [-0.4, -0.2) is 31.8 Å². The molecule has 1 rings (SSSR count). The lowest BCUT2D eigenvalue weighted by atomic mass is 10.4. The normalized spacial score (nSPS) is 24.6. The van der Waals surface area contributed by atoms with E-state index in [9.17, 15) is 4.79 Å². The number of rotatable bonds is 2. The Morgan fingerprint density at radius 1 is 1.64 bits per heavy atom. The van der Waals surface area contributed by atoms with Crippen molar-refractivity contribution in [3.8, 4) is 0 Å². The minimum absolute atomic E-state index is 0.129. The molecule has 0 amide bonds. The molecule has 1 fully saturated rings. The Labute approximate surface area is 66.3 Å². The Morgan fingerprint density at radius 2 is 2.45 bits per heavy atom. The van der Waals surface area contributed by atoms with Gasteiger partial charge in [-0.3, -0.25) is 10.1 Å². The van der Waals surface area contributed by atoms with Crippen LogP contribution in [0.2, 0.25) is 0 Å². The van der Waals surface area contributed by atoms with Gasteiger partial charge in [0.05, 0.1) is 0 Å². The fourth-order valence-corrected chi connectivity index (χ4v) is 0.952. The zero-order chi connectivity index (χ0) is 8.10. The molecular weight excluding hydrogens is 144 g/mol. The average molecular weight is 158 g/mol. The minimum Gasteiger partial charge on any atom is -0.445 e. The molecule has 0 aromatic carbocycles. The number of nitrogens with one attached hydrogen (secondary N) is 2. The van der Waals surface area contributed by atoms with Crippen LogP contribution in [0.5, 0.6) is 0 Å². The highest BCUT2D eigenvalue weighted by atomic mass is 16.6. The molecule has 4 heteroatoms. The summed E-state index contributed by atoms with van der Waals surface area (Å²) >= 11 is 0. The zero-order valence-electron chi connectivity index (χ0n) is 6.72. The van der Waals surface area contributed by atoms with Crippen LogP contribution >= 0.6 is 0 Å². The number of carbonyl (C=O) groups is 1. The van der Waals surface area contributed by atoms with Crippen molar-refractivity contribution >= 4 is 5.97 Å². The van der Waals surface area contributed by atoms with Gasteiger partial charge in [0.2, 0.25) is 0 Å². The van der Waals surface area contributed by atoms with Crippen LogP contribution in [0.1, 0.15) is 13.3 Å². The van der Waals surface area contributed by atoms with E-state index in [0.717, 1.165) is 13.1 Å². The number of hydrogen-bond donors (Lipinski definition) is 2. The van der Waals surface area contributed by atoms with Crippen LogP contribution < -0.4 is 10.6 Å². The van der Waals surface area contributed by atoms with Crippen molar-refractivity contribution in [1.29, 1.82) is 0 Å². The van der Waals surface area contributed by atoms with Gasteiger partial charge in [0, 0.05) is 26.1 Å². The van der Waals surface area contributed by atoms with Crippen LogP contribution in [0, 0.1) is 0 Å². The molecule has 0 bridgehead atoms. The third-order valence-electron chi connectivity index (χ3n) is 1.57. The SMILES string of the molecule is CCC(=O)OC1CNCCN1. The van der Waals surface area contributed by atoms with E-state index in [1.54, 1.807) is 6.92 Å². The highest BCUT2D eigenvalue weighted by Gasteiger charge is 2.14. The summed E-state index contributed by atoms with van der Waals surface area (Å²) in [5, 5.41) is 6.20. The Kier molecular flexibility index (Phi) is 3.32. The molecule has 11 heavy (non-hydrogen) atoms. The Bertz CT molecular complexity index is 132. The largest absolute Gasteiger partial charge is 0.445 e. The third kappa shape index (κ3) is 2.86. The minimum atomic E-state index is -0.147. The maximum atomic E-state index is 10.8. The van der Waals surface area contributed by atoms with Crippen LogP contribution in [0.3, 0.4) is 0 Å². The maximum absolute atomic E-state index is 10.8. The smallest absolute Gasteiger partial charge is 0.307 e. The summed E-state index contributed by atoms with van der Waals surface area (Å²) in [7, 11) is 0. The number of piperazine rings is 1. The van der Waals surface area contributed by atoms with Gasteiger partial charge >= 0.3 is 5.97 Å². The second kappa shape index (κ2) is 4.31. The molecule has 1 saturated heterocycles. The van der Waals surface area contributed by atoms with Crippen LogP contribution in [0.15, 0.2) is 0 Å². The lowest BCUT2D eigenvalue weighted by Crippen LogP contribution is -2.50. The first-order chi connectivity index (χ1) is 5.33. The summed E-state index contributed by atoms with van der Waals surface area (Å²) in [5.74, 6) is -0.147. The molecule has 1 aliphatic rings. The molecule has 1 heterocycles. The second-order valence-corrected chi connectivity index (χ2v) is 2.49. The molecule has 64 valence electrons. The van der Waals surface area contributed by atoms with Gasteiger partial charge in [0.1, 0.15) is 0 Å². The van der Waals surface area contributed by atoms with Gasteiger partial charge in [-0.25, -0.2) is 0 Å². The number of ether oxygens (including phenoxy) is 1. The van der Waals surface area contributed by atoms with Gasteiger partial charge in [-0.1, -0.05) is 6.92 Å². The number of carbonyl (C=O) groups excluding carboxylic acids is 1. The van der Waals surface area contributed by atoms with Crippen molar-refractivity contribution in [3.63, 3.8) is 0 Å². The van der Waals surface area contributed by atoms with Crippen molar-refractivity contribution in [2.75, 3.05) is 19.6 Å². The highest BCUT2D eigenvalue weighted by molar-refractivity contribution is 5.69. The molecule has 0 aromatic heterocycles. The van der Waals surface area contributed by atoms with E-state index in [-0.39, 0.29) is 12.2 Å². The molecule has 1 atom stereocenters. The van der Waals surface area contributed by atoms with Gasteiger partial charge < -0.3 is 10.1 Å². The highest BCUT2D eigenvalue weighted by Crippen LogP contribution is 1.92. The molecule has 2 N–H and O–H groups in total. The first-order valence-electron chi connectivity index (χ1n) is 3.96. The molecule has 0 aromatic rings. The van der Waals surface area contributed by atoms with Crippen molar-refractivity contribution < 1.29 is 9.53 Å². The first kappa shape index (κ1) is 8.49. The molecule has 1 aliphatic heterocycles. The predicted molar refractivity (Wildman–Crippen MR) is 41.0 cm³/mol. The molecule has 0 saturated carbocycles. The molecule has 0 radical (unpaired) electrons. The number of hydrogen-bond acceptors (Lipinski definition) is 4. The maximum Gasteiger partial charge on any atom is 0.307 e. The van der Waals surface area contributed by atoms with Crippen molar-refractivity contribution in [1.82, 2.24) is 10.6 Å². The third-order valence-corrected chi connectivity index (χ3v) is 1.57. The van der Waals surface area contributed by atoms with Crippen molar-refractivity contribution in [3.05, 3.63) is 0 Å². The van der Waals surface area contributed by atoms with Gasteiger partial charge in [0.15, 0.2) is 6.23 Å². The Balaban J connectivity index is 2.19. The van der Waals surface area contributed by atoms with Gasteiger partial charge in [-0.2, -0.15) is 0 Å². The fraction of sp³-hybridized carbons (Fsp3) is 0.857. The average Bonchev–Trinajstić information content (AvgIpc) is 2.06. The fourth-order valence-electron chi connectivity index (χ4n) is 0.952. The molecular formula is C7H14N2O2.